The molecule has 4 heteroatoms. The zero-order valence-corrected chi connectivity index (χ0v) is 11.6. The van der Waals surface area contributed by atoms with Crippen LogP contribution in [0.2, 0.25) is 0 Å². The fraction of sp³-hybridized carbons (Fsp3) is 0.308. The van der Waals surface area contributed by atoms with Crippen molar-refractivity contribution in [2.75, 3.05) is 5.32 Å². The van der Waals surface area contributed by atoms with Crippen LogP contribution in [0.1, 0.15) is 23.3 Å². The number of hydrogen-bond acceptors (Lipinski definition) is 3. The number of rotatable bonds is 2. The summed E-state index contributed by atoms with van der Waals surface area (Å²) in [5.41, 5.74) is 3.90. The summed E-state index contributed by atoms with van der Waals surface area (Å²) in [5.74, 6) is 0. The average Bonchev–Trinajstić information content (AvgIpc) is 2.91. The molecule has 2 nitrogen and oxygen atoms in total. The van der Waals surface area contributed by atoms with Gasteiger partial charge >= 0.3 is 0 Å². The average molecular weight is 307 g/mol. The van der Waals surface area contributed by atoms with Gasteiger partial charge in [-0.2, -0.15) is 0 Å². The maximum atomic E-state index is 4.73. The van der Waals surface area contributed by atoms with Gasteiger partial charge in [0.25, 0.3) is 0 Å². The van der Waals surface area contributed by atoms with Crippen LogP contribution in [0.5, 0.6) is 0 Å². The second-order valence-electron chi connectivity index (χ2n) is 4.69. The van der Waals surface area contributed by atoms with Crippen molar-refractivity contribution >= 4 is 32.4 Å². The van der Waals surface area contributed by atoms with Crippen molar-refractivity contribution in [2.45, 2.75) is 25.3 Å². The molecule has 1 heterocycles. The lowest BCUT2D eigenvalue weighted by Crippen LogP contribution is -1.99. The SMILES string of the molecule is Brc1ccc2c(c1)Cc1sc(NC3CC3)nc1-2. The van der Waals surface area contributed by atoms with Crippen molar-refractivity contribution in [2.24, 2.45) is 0 Å². The molecule has 86 valence electrons. The highest BCUT2D eigenvalue weighted by Crippen LogP contribution is 2.42. The Balaban J connectivity index is 1.74. The standard InChI is InChI=1S/C13H11BrN2S/c14-8-1-4-10-7(5-8)6-11-12(10)16-13(17-11)15-9-2-3-9/h1,4-5,9H,2-3,6H2,(H,15,16). The first-order chi connectivity index (χ1) is 8.29. The minimum atomic E-state index is 0.686. The van der Waals surface area contributed by atoms with Crippen LogP contribution >= 0.6 is 27.3 Å². The van der Waals surface area contributed by atoms with Crippen LogP contribution in [-0.2, 0) is 6.42 Å². The Morgan fingerprint density at radius 3 is 3.06 bits per heavy atom. The summed E-state index contributed by atoms with van der Waals surface area (Å²) >= 11 is 5.34. The number of fused-ring (bicyclic) bond motifs is 3. The van der Waals surface area contributed by atoms with E-state index >= 15 is 0 Å². The zero-order chi connectivity index (χ0) is 11.4. The van der Waals surface area contributed by atoms with E-state index in [1.807, 2.05) is 11.3 Å². The van der Waals surface area contributed by atoms with Crippen LogP contribution in [0.4, 0.5) is 5.13 Å². The van der Waals surface area contributed by atoms with Crippen LogP contribution in [0, 0.1) is 0 Å². The second kappa shape index (κ2) is 3.56. The van der Waals surface area contributed by atoms with Gasteiger partial charge in [-0.3, -0.25) is 0 Å². The molecule has 2 aliphatic carbocycles. The molecular weight excluding hydrogens is 296 g/mol. The maximum absolute atomic E-state index is 4.73. The molecule has 0 saturated heterocycles. The van der Waals surface area contributed by atoms with Gasteiger partial charge in [0.2, 0.25) is 0 Å². The molecule has 0 bridgehead atoms. The van der Waals surface area contributed by atoms with Gasteiger partial charge < -0.3 is 5.32 Å². The quantitative estimate of drug-likeness (QED) is 0.772. The van der Waals surface area contributed by atoms with Crippen molar-refractivity contribution in [3.63, 3.8) is 0 Å². The Bertz CT molecular complexity index is 601. The van der Waals surface area contributed by atoms with E-state index in [0.717, 1.165) is 16.0 Å². The van der Waals surface area contributed by atoms with Gasteiger partial charge in [-0.1, -0.05) is 22.0 Å². The van der Waals surface area contributed by atoms with E-state index in [-0.39, 0.29) is 0 Å². The molecule has 0 radical (unpaired) electrons. The Hall–Kier alpha value is -0.870. The number of aromatic nitrogens is 1. The lowest BCUT2D eigenvalue weighted by atomic mass is 10.1. The Morgan fingerprint density at radius 1 is 1.35 bits per heavy atom. The number of hydrogen-bond donors (Lipinski definition) is 1. The predicted molar refractivity (Wildman–Crippen MR) is 74.7 cm³/mol. The maximum Gasteiger partial charge on any atom is 0.183 e. The molecule has 0 amide bonds. The van der Waals surface area contributed by atoms with Gasteiger partial charge in [0.15, 0.2) is 5.13 Å². The fourth-order valence-electron chi connectivity index (χ4n) is 2.26. The summed E-state index contributed by atoms with van der Waals surface area (Å²) in [5, 5.41) is 4.59. The molecule has 2 aromatic rings. The molecule has 0 aliphatic heterocycles. The Morgan fingerprint density at radius 2 is 2.24 bits per heavy atom. The molecule has 0 unspecified atom stereocenters. The molecule has 1 saturated carbocycles. The topological polar surface area (TPSA) is 24.9 Å². The first-order valence-corrected chi connectivity index (χ1v) is 7.45. The van der Waals surface area contributed by atoms with E-state index < -0.39 is 0 Å². The van der Waals surface area contributed by atoms with Gasteiger partial charge in [-0.25, -0.2) is 4.98 Å². The number of thiazole rings is 1. The van der Waals surface area contributed by atoms with E-state index in [1.54, 1.807) is 0 Å². The molecule has 1 aromatic heterocycles. The van der Waals surface area contributed by atoms with Crippen LogP contribution in [0.25, 0.3) is 11.3 Å². The third-order valence-corrected chi connectivity index (χ3v) is 4.76. The molecule has 1 aromatic carbocycles. The van der Waals surface area contributed by atoms with Crippen LogP contribution in [0.15, 0.2) is 22.7 Å². The van der Waals surface area contributed by atoms with Crippen molar-refractivity contribution < 1.29 is 0 Å². The first-order valence-electron chi connectivity index (χ1n) is 5.84. The first kappa shape index (κ1) is 10.1. The lowest BCUT2D eigenvalue weighted by Gasteiger charge is -2.01. The van der Waals surface area contributed by atoms with Crippen molar-refractivity contribution in [1.29, 1.82) is 0 Å². The minimum absolute atomic E-state index is 0.686. The van der Waals surface area contributed by atoms with Crippen molar-refractivity contribution in [3.05, 3.63) is 33.1 Å². The predicted octanol–water partition coefficient (Wildman–Crippen LogP) is 4.05. The third-order valence-electron chi connectivity index (χ3n) is 3.28. The smallest absolute Gasteiger partial charge is 0.183 e. The zero-order valence-electron chi connectivity index (χ0n) is 9.16. The molecule has 17 heavy (non-hydrogen) atoms. The van der Waals surface area contributed by atoms with Crippen LogP contribution in [-0.4, -0.2) is 11.0 Å². The molecular formula is C13H11BrN2S. The van der Waals surface area contributed by atoms with Crippen molar-refractivity contribution in [3.8, 4) is 11.3 Å². The summed E-state index contributed by atoms with van der Waals surface area (Å²) in [7, 11) is 0. The summed E-state index contributed by atoms with van der Waals surface area (Å²) in [6.45, 7) is 0. The van der Waals surface area contributed by atoms with Gasteiger partial charge in [0, 0.05) is 27.4 Å². The van der Waals surface area contributed by atoms with E-state index in [1.165, 1.54) is 34.5 Å². The molecule has 1 N–H and O–H groups in total. The summed E-state index contributed by atoms with van der Waals surface area (Å²) in [6, 6.07) is 7.16. The number of anilines is 1. The largest absolute Gasteiger partial charge is 0.359 e. The molecule has 0 spiro atoms. The molecule has 2 aliphatic rings. The number of nitrogens with zero attached hydrogens (tertiary/aromatic N) is 1. The van der Waals surface area contributed by atoms with E-state index in [0.29, 0.717) is 6.04 Å². The second-order valence-corrected chi connectivity index (χ2v) is 6.69. The fourth-order valence-corrected chi connectivity index (χ4v) is 3.74. The van der Waals surface area contributed by atoms with Gasteiger partial charge in [0.05, 0.1) is 5.69 Å². The van der Waals surface area contributed by atoms with Crippen LogP contribution < -0.4 is 5.32 Å². The van der Waals surface area contributed by atoms with E-state index in [4.69, 9.17) is 4.98 Å². The molecule has 0 atom stereocenters. The number of halogens is 1. The monoisotopic (exact) mass is 306 g/mol. The van der Waals surface area contributed by atoms with Crippen LogP contribution in [0.3, 0.4) is 0 Å². The van der Waals surface area contributed by atoms with Gasteiger partial charge in [-0.05, 0) is 30.5 Å². The highest BCUT2D eigenvalue weighted by Gasteiger charge is 2.26. The minimum Gasteiger partial charge on any atom is -0.359 e. The van der Waals surface area contributed by atoms with E-state index in [2.05, 4.69) is 39.4 Å². The van der Waals surface area contributed by atoms with Crippen molar-refractivity contribution in [1.82, 2.24) is 4.98 Å². The third kappa shape index (κ3) is 1.70. The summed E-state index contributed by atoms with van der Waals surface area (Å²) in [4.78, 5) is 6.14. The molecule has 1 fully saturated rings. The molecule has 4 rings (SSSR count). The Labute approximate surface area is 112 Å². The normalized spacial score (nSPS) is 16.8. The van der Waals surface area contributed by atoms with E-state index in [9.17, 15) is 0 Å². The summed E-state index contributed by atoms with van der Waals surface area (Å²) in [6.07, 6.45) is 3.63. The lowest BCUT2D eigenvalue weighted by molar-refractivity contribution is 1.14. The number of nitrogens with one attached hydrogen (secondary N) is 1. The Kier molecular flexibility index (Phi) is 2.11. The van der Waals surface area contributed by atoms with Gasteiger partial charge in [0.1, 0.15) is 0 Å². The highest BCUT2D eigenvalue weighted by molar-refractivity contribution is 9.10. The summed E-state index contributed by atoms with van der Waals surface area (Å²) < 4.78 is 1.16. The highest BCUT2D eigenvalue weighted by atomic mass is 79.9. The van der Waals surface area contributed by atoms with Gasteiger partial charge in [-0.15, -0.1) is 11.3 Å². The number of benzene rings is 1.